The third-order valence-electron chi connectivity index (χ3n) is 2.68. The summed E-state index contributed by atoms with van der Waals surface area (Å²) >= 11 is 6.09. The molecule has 0 fully saturated rings. The van der Waals surface area contributed by atoms with E-state index in [-0.39, 0.29) is 0 Å². The Balaban J connectivity index is 2.55. The summed E-state index contributed by atoms with van der Waals surface area (Å²) in [6.45, 7) is 2.21. The predicted octanol–water partition coefficient (Wildman–Crippen LogP) is 3.07. The lowest BCUT2D eigenvalue weighted by Crippen LogP contribution is -2.20. The molecule has 1 aromatic heterocycles. The monoisotopic (exact) mass is 311 g/mol. The van der Waals surface area contributed by atoms with E-state index >= 15 is 0 Å². The summed E-state index contributed by atoms with van der Waals surface area (Å²) < 4.78 is 16.3. The van der Waals surface area contributed by atoms with Crippen LogP contribution >= 0.6 is 11.6 Å². The van der Waals surface area contributed by atoms with Crippen molar-refractivity contribution in [2.24, 2.45) is 4.36 Å². The van der Waals surface area contributed by atoms with Crippen LogP contribution in [0.2, 0.25) is 5.02 Å². The number of pyridine rings is 1. The molecule has 1 atom stereocenters. The Morgan fingerprint density at radius 2 is 2.20 bits per heavy atom. The number of hydrogen-bond acceptors (Lipinski definition) is 3. The average Bonchev–Trinajstić information content (AvgIpc) is 2.38. The highest BCUT2D eigenvalue weighted by Crippen LogP contribution is 2.25. The maximum atomic E-state index is 12.5. The number of carbonyl (C=O) groups excluding carboxylic acids is 1. The van der Waals surface area contributed by atoms with E-state index in [0.717, 1.165) is 0 Å². The first-order valence-corrected chi connectivity index (χ1v) is 8.28. The van der Waals surface area contributed by atoms with Crippen molar-refractivity contribution < 1.29 is 9.00 Å². The summed E-state index contributed by atoms with van der Waals surface area (Å²) in [4.78, 5) is 16.1. The van der Waals surface area contributed by atoms with Crippen LogP contribution in [-0.2, 0) is 9.73 Å². The minimum absolute atomic E-state index is 0.436. The molecule has 2 rings (SSSR count). The Labute approximate surface area is 122 Å². The van der Waals surface area contributed by atoms with Crippen molar-refractivity contribution in [1.82, 2.24) is 10.3 Å². The van der Waals surface area contributed by atoms with Gasteiger partial charge in [-0.3, -0.25) is 4.98 Å². The zero-order chi connectivity index (χ0) is 14.8. The Morgan fingerprint density at radius 1 is 1.45 bits per heavy atom. The largest absolute Gasteiger partial charge is 0.349 e. The normalized spacial score (nSPS) is 13.8. The van der Waals surface area contributed by atoms with Crippen LogP contribution < -0.4 is 5.32 Å². The Morgan fingerprint density at radius 3 is 2.90 bits per heavy atom. The minimum atomic E-state index is -2.81. The van der Waals surface area contributed by atoms with Gasteiger partial charge in [-0.1, -0.05) is 11.6 Å². The number of nitrogens with zero attached hydrogens (tertiary/aromatic N) is 2. The number of halogens is 1. The zero-order valence-corrected chi connectivity index (χ0v) is 12.7. The van der Waals surface area contributed by atoms with Gasteiger partial charge in [0, 0.05) is 29.3 Å². The molecule has 1 N–H and O–H groups in total. The van der Waals surface area contributed by atoms with Crippen LogP contribution in [0.15, 0.2) is 39.7 Å². The third kappa shape index (κ3) is 3.08. The van der Waals surface area contributed by atoms with E-state index in [0.29, 0.717) is 27.4 Å². The van der Waals surface area contributed by atoms with Gasteiger partial charge >= 0.3 is 6.03 Å². The third-order valence-corrected chi connectivity index (χ3v) is 4.65. The van der Waals surface area contributed by atoms with E-state index in [2.05, 4.69) is 14.7 Å². The maximum Gasteiger partial charge on any atom is 0.349 e. The van der Waals surface area contributed by atoms with E-state index < -0.39 is 15.8 Å². The Bertz CT molecular complexity index is 782. The van der Waals surface area contributed by atoms with Gasteiger partial charge in [-0.25, -0.2) is 9.00 Å². The average molecular weight is 312 g/mol. The van der Waals surface area contributed by atoms with Crippen LogP contribution in [0.4, 0.5) is 4.79 Å². The molecular formula is C13H14ClN3O2S. The standard InChI is InChI=1S/C13H14ClN3O2S/c1-3-15-13(18)17-20(2,19)9-4-5-12-10(8-9)11(14)6-7-16-12/h4-8H,3H2,1-2H3,(H,15,18). The summed E-state index contributed by atoms with van der Waals surface area (Å²) in [5.41, 5.74) is 0.703. The van der Waals surface area contributed by atoms with Crippen LogP contribution in [0.3, 0.4) is 0 Å². The van der Waals surface area contributed by atoms with Crippen molar-refractivity contribution in [3.63, 3.8) is 0 Å². The topological polar surface area (TPSA) is 71.4 Å². The van der Waals surface area contributed by atoms with Crippen LogP contribution in [0.25, 0.3) is 10.9 Å². The SMILES string of the molecule is CCNC(=O)N=S(C)(=O)c1ccc2nccc(Cl)c2c1. The van der Waals surface area contributed by atoms with Crippen LogP contribution in [0, 0.1) is 0 Å². The van der Waals surface area contributed by atoms with Gasteiger partial charge in [0.2, 0.25) is 0 Å². The predicted molar refractivity (Wildman–Crippen MR) is 80.6 cm³/mol. The first-order chi connectivity index (χ1) is 9.44. The van der Waals surface area contributed by atoms with E-state index in [9.17, 15) is 9.00 Å². The summed E-state index contributed by atoms with van der Waals surface area (Å²) in [5, 5.41) is 3.70. The molecule has 1 heterocycles. The van der Waals surface area contributed by atoms with Crippen molar-refractivity contribution in [1.29, 1.82) is 0 Å². The molecule has 2 aromatic rings. The van der Waals surface area contributed by atoms with Gasteiger partial charge in [0.05, 0.1) is 20.3 Å². The lowest BCUT2D eigenvalue weighted by Gasteiger charge is -2.06. The molecule has 0 radical (unpaired) electrons. The fourth-order valence-corrected chi connectivity index (χ4v) is 3.07. The maximum absolute atomic E-state index is 12.5. The second-order valence-corrected chi connectivity index (χ2v) is 6.87. The van der Waals surface area contributed by atoms with Gasteiger partial charge in [0.25, 0.3) is 0 Å². The first kappa shape index (κ1) is 14.7. The highest BCUT2D eigenvalue weighted by molar-refractivity contribution is 7.93. The molecule has 1 unspecified atom stereocenters. The van der Waals surface area contributed by atoms with Gasteiger partial charge < -0.3 is 5.32 Å². The van der Waals surface area contributed by atoms with E-state index in [4.69, 9.17) is 11.6 Å². The highest BCUT2D eigenvalue weighted by atomic mass is 35.5. The molecule has 20 heavy (non-hydrogen) atoms. The van der Waals surface area contributed by atoms with E-state index in [1.807, 2.05) is 0 Å². The summed E-state index contributed by atoms with van der Waals surface area (Å²) in [5.74, 6) is 0. The second kappa shape index (κ2) is 5.76. The minimum Gasteiger partial charge on any atom is -0.336 e. The number of urea groups is 1. The molecule has 106 valence electrons. The lowest BCUT2D eigenvalue weighted by atomic mass is 10.2. The number of nitrogens with one attached hydrogen (secondary N) is 1. The van der Waals surface area contributed by atoms with E-state index in [1.54, 1.807) is 37.4 Å². The van der Waals surface area contributed by atoms with Crippen molar-refractivity contribution in [2.75, 3.05) is 12.8 Å². The molecule has 0 spiro atoms. The molecule has 0 aliphatic heterocycles. The molecule has 1 aromatic carbocycles. The highest BCUT2D eigenvalue weighted by Gasteiger charge is 2.11. The Hall–Kier alpha value is -1.66. The fraction of sp³-hybridized carbons (Fsp3) is 0.231. The van der Waals surface area contributed by atoms with Gasteiger partial charge in [-0.2, -0.15) is 0 Å². The summed E-state index contributed by atoms with van der Waals surface area (Å²) in [6.07, 6.45) is 3.03. The zero-order valence-electron chi connectivity index (χ0n) is 11.1. The molecule has 0 bridgehead atoms. The number of benzene rings is 1. The second-order valence-electron chi connectivity index (χ2n) is 4.20. The van der Waals surface area contributed by atoms with Gasteiger partial charge in [-0.15, -0.1) is 4.36 Å². The molecule has 0 saturated heterocycles. The number of fused-ring (bicyclic) bond motifs is 1. The smallest absolute Gasteiger partial charge is 0.336 e. The lowest BCUT2D eigenvalue weighted by molar-refractivity contribution is 0.250. The molecule has 5 nitrogen and oxygen atoms in total. The van der Waals surface area contributed by atoms with Crippen LogP contribution in [0.5, 0.6) is 0 Å². The van der Waals surface area contributed by atoms with Gasteiger partial charge in [0.15, 0.2) is 0 Å². The number of amides is 2. The quantitative estimate of drug-likeness (QED) is 0.926. The number of aromatic nitrogens is 1. The van der Waals surface area contributed by atoms with Crippen molar-refractivity contribution in [3.8, 4) is 0 Å². The molecule has 7 heteroatoms. The number of rotatable bonds is 2. The fourth-order valence-electron chi connectivity index (χ4n) is 1.72. The number of hydrogen-bond donors (Lipinski definition) is 1. The molecular weight excluding hydrogens is 298 g/mol. The molecule has 2 amide bonds. The molecule has 0 aliphatic carbocycles. The molecule has 0 saturated carbocycles. The Kier molecular flexibility index (Phi) is 4.25. The first-order valence-electron chi connectivity index (χ1n) is 5.98. The summed E-state index contributed by atoms with van der Waals surface area (Å²) in [6, 6.07) is 6.10. The molecule has 0 aliphatic rings. The van der Waals surface area contributed by atoms with Crippen LogP contribution in [-0.4, -0.2) is 28.0 Å². The van der Waals surface area contributed by atoms with Crippen LogP contribution in [0.1, 0.15) is 6.92 Å². The van der Waals surface area contributed by atoms with Crippen molar-refractivity contribution >= 4 is 38.3 Å². The number of carbonyl (C=O) groups is 1. The van der Waals surface area contributed by atoms with Crippen molar-refractivity contribution in [3.05, 3.63) is 35.5 Å². The van der Waals surface area contributed by atoms with E-state index in [1.165, 1.54) is 6.26 Å². The van der Waals surface area contributed by atoms with Gasteiger partial charge in [0.1, 0.15) is 0 Å². The summed E-state index contributed by atoms with van der Waals surface area (Å²) in [7, 11) is -2.81. The van der Waals surface area contributed by atoms with Crippen molar-refractivity contribution in [2.45, 2.75) is 11.8 Å². The van der Waals surface area contributed by atoms with Gasteiger partial charge in [-0.05, 0) is 31.2 Å².